The van der Waals surface area contributed by atoms with Gasteiger partial charge in [0.2, 0.25) is 0 Å². The van der Waals surface area contributed by atoms with Crippen LogP contribution in [0.15, 0.2) is 35.3 Å². The van der Waals surface area contributed by atoms with E-state index in [-0.39, 0.29) is 31.5 Å². The number of nitrogens with zero attached hydrogens (tertiary/aromatic N) is 1. The van der Waals surface area contributed by atoms with Crippen LogP contribution in [0.4, 0.5) is 0 Å². The molecule has 5 nitrogen and oxygen atoms in total. The molecule has 0 amide bonds. The topological polar surface area (TPSA) is 65.0 Å². The molecule has 1 aliphatic rings. The highest BCUT2D eigenvalue weighted by atomic mass is 16.5. The van der Waals surface area contributed by atoms with E-state index in [0.29, 0.717) is 5.71 Å². The van der Waals surface area contributed by atoms with Crippen LogP contribution in [0.5, 0.6) is 0 Å². The molecule has 0 fully saturated rings. The largest absolute Gasteiger partial charge is 0.469 e. The van der Waals surface area contributed by atoms with Crippen molar-refractivity contribution >= 4 is 17.7 Å². The smallest absolute Gasteiger partial charge is 0.352 e. The van der Waals surface area contributed by atoms with E-state index in [4.69, 9.17) is 4.74 Å². The fourth-order valence-corrected chi connectivity index (χ4v) is 1.85. The fourth-order valence-electron chi connectivity index (χ4n) is 1.85. The predicted octanol–water partition coefficient (Wildman–Crippen LogP) is 1.68. The Kier molecular flexibility index (Phi) is 4.28. The van der Waals surface area contributed by atoms with Crippen LogP contribution in [0.25, 0.3) is 0 Å². The van der Waals surface area contributed by atoms with Crippen LogP contribution >= 0.6 is 0 Å². The molecule has 0 saturated heterocycles. The molecule has 0 N–H and O–H groups in total. The molecule has 1 atom stereocenters. The molecular formula is C14H15NO4. The Labute approximate surface area is 111 Å². The monoisotopic (exact) mass is 261 g/mol. The molecular weight excluding hydrogens is 246 g/mol. The summed E-state index contributed by atoms with van der Waals surface area (Å²) in [6.45, 7) is 0.241. The number of methoxy groups -OCH3 is 1. The molecule has 2 rings (SSSR count). The second-order valence-corrected chi connectivity index (χ2v) is 4.18. The van der Waals surface area contributed by atoms with Crippen LogP contribution < -0.4 is 0 Å². The number of hydrogen-bond acceptors (Lipinski definition) is 5. The molecule has 1 heterocycles. The van der Waals surface area contributed by atoms with Crippen molar-refractivity contribution in [1.29, 1.82) is 0 Å². The molecule has 19 heavy (non-hydrogen) atoms. The van der Waals surface area contributed by atoms with E-state index in [1.165, 1.54) is 7.11 Å². The Morgan fingerprint density at radius 1 is 1.42 bits per heavy atom. The first-order valence-electron chi connectivity index (χ1n) is 6.06. The summed E-state index contributed by atoms with van der Waals surface area (Å²) in [6.07, 6.45) is 0.376. The van der Waals surface area contributed by atoms with Crippen LogP contribution in [-0.2, 0) is 19.1 Å². The maximum atomic E-state index is 11.6. The third-order valence-electron chi connectivity index (χ3n) is 2.90. The second kappa shape index (κ2) is 6.13. The maximum absolute atomic E-state index is 11.6. The number of rotatable bonds is 4. The van der Waals surface area contributed by atoms with Gasteiger partial charge in [0.15, 0.2) is 0 Å². The second-order valence-electron chi connectivity index (χ2n) is 4.18. The average molecular weight is 261 g/mol. The standard InChI is InChI=1S/C14H15NO4/c1-18-13(16)8-7-11-14(17)19-9-12(15-11)10-5-3-2-4-6-10/h2-6,12H,7-9H2,1H3. The lowest BCUT2D eigenvalue weighted by molar-refractivity contribution is -0.140. The molecule has 1 aliphatic heterocycles. The summed E-state index contributed by atoms with van der Waals surface area (Å²) in [5.74, 6) is -0.812. The van der Waals surface area contributed by atoms with E-state index in [2.05, 4.69) is 9.73 Å². The Balaban J connectivity index is 2.09. The summed E-state index contributed by atoms with van der Waals surface area (Å²) in [4.78, 5) is 27.0. The third-order valence-corrected chi connectivity index (χ3v) is 2.90. The van der Waals surface area contributed by atoms with Gasteiger partial charge in [-0.2, -0.15) is 0 Å². The van der Waals surface area contributed by atoms with Crippen LogP contribution in [0.2, 0.25) is 0 Å². The van der Waals surface area contributed by atoms with Gasteiger partial charge < -0.3 is 9.47 Å². The maximum Gasteiger partial charge on any atom is 0.352 e. The Morgan fingerprint density at radius 3 is 2.84 bits per heavy atom. The minimum Gasteiger partial charge on any atom is -0.469 e. The minimum absolute atomic E-state index is 0.131. The number of benzene rings is 1. The molecule has 5 heteroatoms. The van der Waals surface area contributed by atoms with Crippen LogP contribution in [0, 0.1) is 0 Å². The zero-order valence-corrected chi connectivity index (χ0v) is 10.7. The molecule has 1 unspecified atom stereocenters. The predicted molar refractivity (Wildman–Crippen MR) is 68.8 cm³/mol. The highest BCUT2D eigenvalue weighted by Gasteiger charge is 2.24. The lowest BCUT2D eigenvalue weighted by Crippen LogP contribution is -2.27. The first-order valence-corrected chi connectivity index (χ1v) is 6.06. The van der Waals surface area contributed by atoms with Crippen molar-refractivity contribution in [2.45, 2.75) is 18.9 Å². The Hall–Kier alpha value is -2.17. The number of carbonyl (C=O) groups is 2. The number of aliphatic imine (C=N–C) groups is 1. The zero-order chi connectivity index (χ0) is 13.7. The van der Waals surface area contributed by atoms with E-state index >= 15 is 0 Å². The van der Waals surface area contributed by atoms with Crippen molar-refractivity contribution in [3.63, 3.8) is 0 Å². The van der Waals surface area contributed by atoms with E-state index in [9.17, 15) is 9.59 Å². The van der Waals surface area contributed by atoms with Crippen molar-refractivity contribution in [1.82, 2.24) is 0 Å². The van der Waals surface area contributed by atoms with Gasteiger partial charge in [0.25, 0.3) is 0 Å². The number of carbonyl (C=O) groups excluding carboxylic acids is 2. The highest BCUT2D eigenvalue weighted by molar-refractivity contribution is 6.37. The SMILES string of the molecule is COC(=O)CCC1=NC(c2ccccc2)COC1=O. The molecule has 0 aliphatic carbocycles. The lowest BCUT2D eigenvalue weighted by Gasteiger charge is -2.20. The van der Waals surface area contributed by atoms with Gasteiger partial charge in [0.1, 0.15) is 18.4 Å². The van der Waals surface area contributed by atoms with E-state index in [1.807, 2.05) is 30.3 Å². The average Bonchev–Trinajstić information content (AvgIpc) is 2.47. The summed E-state index contributed by atoms with van der Waals surface area (Å²) >= 11 is 0. The van der Waals surface area contributed by atoms with Gasteiger partial charge >= 0.3 is 11.9 Å². The van der Waals surface area contributed by atoms with Gasteiger partial charge in [0.05, 0.1) is 13.5 Å². The van der Waals surface area contributed by atoms with Gasteiger partial charge in [-0.3, -0.25) is 9.79 Å². The fraction of sp³-hybridized carbons (Fsp3) is 0.357. The summed E-state index contributed by atoms with van der Waals surface area (Å²) in [6, 6.07) is 9.42. The van der Waals surface area contributed by atoms with Crippen molar-refractivity contribution < 1.29 is 19.1 Å². The Morgan fingerprint density at radius 2 is 2.16 bits per heavy atom. The number of cyclic esters (lactones) is 1. The molecule has 0 saturated carbocycles. The number of hydrogen-bond donors (Lipinski definition) is 0. The molecule has 1 aromatic rings. The molecule has 0 bridgehead atoms. The molecule has 0 radical (unpaired) electrons. The first kappa shape index (κ1) is 13.3. The quantitative estimate of drug-likeness (QED) is 0.773. The molecule has 0 spiro atoms. The van der Waals surface area contributed by atoms with Crippen LogP contribution in [-0.4, -0.2) is 31.4 Å². The van der Waals surface area contributed by atoms with Gasteiger partial charge in [-0.05, 0) is 5.56 Å². The molecule has 0 aromatic heterocycles. The van der Waals surface area contributed by atoms with E-state index in [0.717, 1.165) is 5.56 Å². The highest BCUT2D eigenvalue weighted by Crippen LogP contribution is 2.22. The summed E-state index contributed by atoms with van der Waals surface area (Å²) in [7, 11) is 1.32. The lowest BCUT2D eigenvalue weighted by atomic mass is 10.1. The third kappa shape index (κ3) is 3.40. The number of esters is 2. The summed E-state index contributed by atoms with van der Waals surface area (Å²) in [5, 5.41) is 0. The van der Waals surface area contributed by atoms with Gasteiger partial charge in [-0.25, -0.2) is 4.79 Å². The van der Waals surface area contributed by atoms with Crippen molar-refractivity contribution in [2.24, 2.45) is 4.99 Å². The normalized spacial score (nSPS) is 18.5. The van der Waals surface area contributed by atoms with Crippen molar-refractivity contribution in [3.05, 3.63) is 35.9 Å². The van der Waals surface area contributed by atoms with E-state index < -0.39 is 5.97 Å². The summed E-state index contributed by atoms with van der Waals surface area (Å²) < 4.78 is 9.64. The van der Waals surface area contributed by atoms with Crippen LogP contribution in [0.3, 0.4) is 0 Å². The Bertz CT molecular complexity index is 495. The molecule has 100 valence electrons. The van der Waals surface area contributed by atoms with Crippen LogP contribution in [0.1, 0.15) is 24.4 Å². The minimum atomic E-state index is -0.448. The zero-order valence-electron chi connectivity index (χ0n) is 10.7. The van der Waals surface area contributed by atoms with Crippen molar-refractivity contribution in [3.8, 4) is 0 Å². The first-order chi connectivity index (χ1) is 9.20. The van der Waals surface area contributed by atoms with Gasteiger partial charge in [-0.15, -0.1) is 0 Å². The van der Waals surface area contributed by atoms with Crippen molar-refractivity contribution in [2.75, 3.05) is 13.7 Å². The van der Waals surface area contributed by atoms with Gasteiger partial charge in [-0.1, -0.05) is 30.3 Å². The number of ether oxygens (including phenoxy) is 2. The summed E-state index contributed by atoms with van der Waals surface area (Å²) in [5.41, 5.74) is 1.29. The van der Waals surface area contributed by atoms with Gasteiger partial charge in [0, 0.05) is 6.42 Å². The molecule has 1 aromatic carbocycles. The van der Waals surface area contributed by atoms with E-state index in [1.54, 1.807) is 0 Å².